The minimum absolute atomic E-state index is 0.364. The molecule has 174 valence electrons. The zero-order chi connectivity index (χ0) is 23.3. The van der Waals surface area contributed by atoms with Crippen LogP contribution in [0.4, 0.5) is 10.6 Å². The number of pyridine rings is 1. The molecule has 0 aliphatic carbocycles. The molecule has 5 rings (SSSR count). The Kier molecular flexibility index (Phi) is 6.72. The number of carboxylic acid groups (broad SMARTS) is 1. The van der Waals surface area contributed by atoms with Crippen LogP contribution < -0.4 is 4.90 Å². The van der Waals surface area contributed by atoms with Crippen LogP contribution in [0.1, 0.15) is 25.0 Å². The molecule has 2 aromatic heterocycles. The van der Waals surface area contributed by atoms with E-state index in [4.69, 9.17) is 4.98 Å². The summed E-state index contributed by atoms with van der Waals surface area (Å²) in [5, 5.41) is 13.9. The van der Waals surface area contributed by atoms with Crippen LogP contribution in [0, 0.1) is 5.92 Å². The summed E-state index contributed by atoms with van der Waals surface area (Å²) in [5.41, 5.74) is 4.68. The summed E-state index contributed by atoms with van der Waals surface area (Å²) in [6, 6.07) is 21.1. The third-order valence-corrected chi connectivity index (χ3v) is 7.27. The smallest absolute Gasteiger partial charge is 0.407 e. The highest BCUT2D eigenvalue weighted by molar-refractivity contribution is 7.07. The van der Waals surface area contributed by atoms with E-state index in [9.17, 15) is 9.90 Å². The Morgan fingerprint density at radius 1 is 1.06 bits per heavy atom. The van der Waals surface area contributed by atoms with Gasteiger partial charge in [-0.2, -0.15) is 0 Å². The molecule has 7 heteroatoms. The molecule has 1 fully saturated rings. The summed E-state index contributed by atoms with van der Waals surface area (Å²) in [7, 11) is 0. The van der Waals surface area contributed by atoms with E-state index in [2.05, 4.69) is 70.5 Å². The topological polar surface area (TPSA) is 69.6 Å². The highest BCUT2D eigenvalue weighted by Gasteiger charge is 2.22. The first kappa shape index (κ1) is 22.3. The number of carbonyl (C=O) groups is 1. The average molecular weight is 473 g/mol. The van der Waals surface area contributed by atoms with Crippen molar-refractivity contribution in [2.24, 2.45) is 5.92 Å². The van der Waals surface area contributed by atoms with E-state index >= 15 is 0 Å². The fourth-order valence-electron chi connectivity index (χ4n) is 4.65. The number of amides is 1. The van der Waals surface area contributed by atoms with Gasteiger partial charge in [0.25, 0.3) is 0 Å². The molecule has 6 nitrogen and oxygen atoms in total. The standard InChI is InChI=1S/C27H28N4O2S/c32-27(33)31(17-24-18-34-19-28-24)15-12-20-10-13-30(14-11-20)26-7-3-6-25(29-26)23-9-8-21-4-1-2-5-22(21)16-23/h1-9,16,18-20H,10-15,17H2,(H,32,33). The first-order valence-electron chi connectivity index (χ1n) is 11.7. The summed E-state index contributed by atoms with van der Waals surface area (Å²) < 4.78 is 0. The largest absolute Gasteiger partial charge is 0.465 e. The van der Waals surface area contributed by atoms with Crippen LogP contribution in [0.5, 0.6) is 0 Å². The van der Waals surface area contributed by atoms with E-state index in [0.29, 0.717) is 19.0 Å². The van der Waals surface area contributed by atoms with Crippen molar-refractivity contribution < 1.29 is 9.90 Å². The number of aromatic nitrogens is 2. The minimum atomic E-state index is -0.875. The highest BCUT2D eigenvalue weighted by atomic mass is 32.1. The molecule has 1 aliphatic rings. The van der Waals surface area contributed by atoms with Crippen LogP contribution in [0.3, 0.4) is 0 Å². The van der Waals surface area contributed by atoms with Crippen LogP contribution in [0.25, 0.3) is 22.0 Å². The molecule has 0 atom stereocenters. The Bertz CT molecular complexity index is 1250. The lowest BCUT2D eigenvalue weighted by Crippen LogP contribution is -2.36. The van der Waals surface area contributed by atoms with E-state index in [1.165, 1.54) is 27.0 Å². The predicted molar refractivity (Wildman–Crippen MR) is 137 cm³/mol. The van der Waals surface area contributed by atoms with E-state index < -0.39 is 6.09 Å². The van der Waals surface area contributed by atoms with E-state index in [1.54, 1.807) is 5.51 Å². The molecule has 34 heavy (non-hydrogen) atoms. The van der Waals surface area contributed by atoms with E-state index in [-0.39, 0.29) is 0 Å². The molecule has 2 aromatic carbocycles. The molecule has 1 amide bonds. The number of hydrogen-bond acceptors (Lipinski definition) is 5. The summed E-state index contributed by atoms with van der Waals surface area (Å²) in [5.74, 6) is 1.54. The monoisotopic (exact) mass is 472 g/mol. The average Bonchev–Trinajstić information content (AvgIpc) is 3.40. The first-order chi connectivity index (χ1) is 16.7. The Morgan fingerprint density at radius 2 is 1.88 bits per heavy atom. The van der Waals surface area contributed by atoms with E-state index in [1.807, 2.05) is 5.38 Å². The van der Waals surface area contributed by atoms with Crippen molar-refractivity contribution in [1.29, 1.82) is 0 Å². The molecule has 1 saturated heterocycles. The lowest BCUT2D eigenvalue weighted by atomic mass is 9.93. The zero-order valence-corrected chi connectivity index (χ0v) is 19.8. The van der Waals surface area contributed by atoms with Gasteiger partial charge in [-0.05, 0) is 54.2 Å². The van der Waals surface area contributed by atoms with Crippen LogP contribution in [0.2, 0.25) is 0 Å². The lowest BCUT2D eigenvalue weighted by Gasteiger charge is -2.33. The Labute approximate surface area is 203 Å². The number of benzene rings is 2. The summed E-state index contributed by atoms with van der Waals surface area (Å²) in [4.78, 5) is 24.7. The first-order valence-corrected chi connectivity index (χ1v) is 12.7. The van der Waals surface area contributed by atoms with Crippen molar-refractivity contribution >= 4 is 34.0 Å². The molecule has 1 N–H and O–H groups in total. The second-order valence-electron chi connectivity index (χ2n) is 8.85. The van der Waals surface area contributed by atoms with Gasteiger partial charge in [0.1, 0.15) is 5.82 Å². The second kappa shape index (κ2) is 10.2. The van der Waals surface area contributed by atoms with Gasteiger partial charge >= 0.3 is 6.09 Å². The highest BCUT2D eigenvalue weighted by Crippen LogP contribution is 2.28. The van der Waals surface area contributed by atoms with Crippen molar-refractivity contribution in [1.82, 2.24) is 14.9 Å². The number of rotatable bonds is 7. The number of piperidine rings is 1. The fraction of sp³-hybridized carbons (Fsp3) is 0.296. The number of thiazole rings is 1. The Morgan fingerprint density at radius 3 is 2.65 bits per heavy atom. The van der Waals surface area contributed by atoms with Gasteiger partial charge in [0.05, 0.1) is 23.4 Å². The molecule has 0 radical (unpaired) electrons. The number of fused-ring (bicyclic) bond motifs is 1. The lowest BCUT2D eigenvalue weighted by molar-refractivity contribution is 0.137. The van der Waals surface area contributed by atoms with Gasteiger partial charge in [-0.1, -0.05) is 42.5 Å². The Balaban J connectivity index is 1.19. The molecule has 0 bridgehead atoms. The molecule has 1 aliphatic heterocycles. The summed E-state index contributed by atoms with van der Waals surface area (Å²) in [6.45, 7) is 2.80. The van der Waals surface area contributed by atoms with Crippen molar-refractivity contribution in [2.45, 2.75) is 25.8 Å². The van der Waals surface area contributed by atoms with Gasteiger partial charge in [-0.25, -0.2) is 14.8 Å². The number of hydrogen-bond donors (Lipinski definition) is 1. The summed E-state index contributed by atoms with van der Waals surface area (Å²) >= 11 is 1.50. The maximum atomic E-state index is 11.6. The fourth-order valence-corrected chi connectivity index (χ4v) is 5.20. The van der Waals surface area contributed by atoms with Crippen LogP contribution in [0.15, 0.2) is 71.6 Å². The third kappa shape index (κ3) is 5.20. The molecule has 3 heterocycles. The van der Waals surface area contributed by atoms with Crippen molar-refractivity contribution in [3.8, 4) is 11.3 Å². The molecule has 4 aromatic rings. The molecule has 0 unspecified atom stereocenters. The third-order valence-electron chi connectivity index (χ3n) is 6.63. The number of anilines is 1. The SMILES string of the molecule is O=C(O)N(CCC1CCN(c2cccc(-c3ccc4ccccc4c3)n2)CC1)Cc1cscn1. The molecular formula is C27H28N4O2S. The van der Waals surface area contributed by atoms with Crippen LogP contribution in [-0.4, -0.2) is 45.7 Å². The second-order valence-corrected chi connectivity index (χ2v) is 9.56. The molecule has 0 spiro atoms. The van der Waals surface area contributed by atoms with Gasteiger partial charge in [0.15, 0.2) is 0 Å². The quantitative estimate of drug-likeness (QED) is 0.350. The maximum absolute atomic E-state index is 11.6. The zero-order valence-electron chi connectivity index (χ0n) is 19.0. The molecular weight excluding hydrogens is 444 g/mol. The van der Waals surface area contributed by atoms with Crippen molar-refractivity contribution in [2.75, 3.05) is 24.5 Å². The minimum Gasteiger partial charge on any atom is -0.465 e. The predicted octanol–water partition coefficient (Wildman–Crippen LogP) is 6.15. The Hall–Kier alpha value is -3.45. The van der Waals surface area contributed by atoms with Gasteiger partial charge in [0.2, 0.25) is 0 Å². The van der Waals surface area contributed by atoms with Gasteiger partial charge in [-0.3, -0.25) is 0 Å². The molecule has 0 saturated carbocycles. The van der Waals surface area contributed by atoms with Gasteiger partial charge in [0, 0.05) is 30.6 Å². The summed E-state index contributed by atoms with van der Waals surface area (Å²) in [6.07, 6.45) is 2.10. The van der Waals surface area contributed by atoms with Gasteiger partial charge < -0.3 is 14.9 Å². The van der Waals surface area contributed by atoms with E-state index in [0.717, 1.165) is 55.1 Å². The normalized spacial score (nSPS) is 14.4. The maximum Gasteiger partial charge on any atom is 0.407 e. The number of nitrogens with zero attached hydrogens (tertiary/aromatic N) is 4. The van der Waals surface area contributed by atoms with Crippen LogP contribution in [-0.2, 0) is 6.54 Å². The van der Waals surface area contributed by atoms with Crippen molar-refractivity contribution in [3.05, 3.63) is 77.2 Å². The van der Waals surface area contributed by atoms with Crippen LogP contribution >= 0.6 is 11.3 Å². The van der Waals surface area contributed by atoms with Gasteiger partial charge in [-0.15, -0.1) is 11.3 Å². The van der Waals surface area contributed by atoms with Crippen molar-refractivity contribution in [3.63, 3.8) is 0 Å².